The number of halogens is 1. The standard InChI is InChI=1S/C14H14ClN3O2/c15-12-5-6-14(18(19)20)13(7-12)17-9-11-3-1-10(8-16)2-4-11/h1-7,17H,8-9,16H2. The summed E-state index contributed by atoms with van der Waals surface area (Å²) in [5, 5.41) is 14.4. The highest BCUT2D eigenvalue weighted by atomic mass is 35.5. The van der Waals surface area contributed by atoms with Gasteiger partial charge in [-0.25, -0.2) is 0 Å². The zero-order valence-electron chi connectivity index (χ0n) is 10.7. The summed E-state index contributed by atoms with van der Waals surface area (Å²) in [4.78, 5) is 10.5. The molecule has 0 aromatic heterocycles. The zero-order chi connectivity index (χ0) is 14.5. The quantitative estimate of drug-likeness (QED) is 0.654. The summed E-state index contributed by atoms with van der Waals surface area (Å²) in [6.45, 7) is 0.972. The smallest absolute Gasteiger partial charge is 0.292 e. The van der Waals surface area contributed by atoms with E-state index in [9.17, 15) is 10.1 Å². The number of hydrogen-bond acceptors (Lipinski definition) is 4. The highest BCUT2D eigenvalue weighted by Crippen LogP contribution is 2.28. The van der Waals surface area contributed by atoms with Crippen LogP contribution in [0.3, 0.4) is 0 Å². The molecule has 0 fully saturated rings. The van der Waals surface area contributed by atoms with E-state index in [-0.39, 0.29) is 5.69 Å². The van der Waals surface area contributed by atoms with Gasteiger partial charge in [-0.2, -0.15) is 0 Å². The largest absolute Gasteiger partial charge is 0.375 e. The van der Waals surface area contributed by atoms with Crippen LogP contribution in [-0.2, 0) is 13.1 Å². The Kier molecular flexibility index (Phi) is 4.55. The third kappa shape index (κ3) is 3.46. The molecule has 20 heavy (non-hydrogen) atoms. The molecule has 0 saturated heterocycles. The number of nitrogens with one attached hydrogen (secondary N) is 1. The van der Waals surface area contributed by atoms with E-state index in [1.807, 2.05) is 24.3 Å². The van der Waals surface area contributed by atoms with Crippen molar-refractivity contribution in [3.63, 3.8) is 0 Å². The maximum atomic E-state index is 10.9. The molecule has 0 unspecified atom stereocenters. The Labute approximate surface area is 121 Å². The molecular weight excluding hydrogens is 278 g/mol. The van der Waals surface area contributed by atoms with Crippen LogP contribution in [0.4, 0.5) is 11.4 Å². The summed E-state index contributed by atoms with van der Waals surface area (Å²) in [6.07, 6.45) is 0. The molecule has 2 aromatic rings. The topological polar surface area (TPSA) is 81.2 Å². The van der Waals surface area contributed by atoms with E-state index in [4.69, 9.17) is 17.3 Å². The van der Waals surface area contributed by atoms with Crippen molar-refractivity contribution in [2.45, 2.75) is 13.1 Å². The fourth-order valence-corrected chi connectivity index (χ4v) is 1.97. The van der Waals surface area contributed by atoms with Crippen molar-refractivity contribution in [2.75, 3.05) is 5.32 Å². The van der Waals surface area contributed by atoms with E-state index in [2.05, 4.69) is 5.32 Å². The number of benzene rings is 2. The first kappa shape index (κ1) is 14.3. The number of nitrogens with zero attached hydrogens (tertiary/aromatic N) is 1. The van der Waals surface area contributed by atoms with Crippen molar-refractivity contribution in [3.05, 3.63) is 68.7 Å². The summed E-state index contributed by atoms with van der Waals surface area (Å²) in [6, 6.07) is 12.2. The second-order valence-electron chi connectivity index (χ2n) is 4.29. The van der Waals surface area contributed by atoms with Crippen LogP contribution >= 0.6 is 11.6 Å². The molecule has 2 aromatic carbocycles. The number of nitro benzene ring substituents is 1. The minimum atomic E-state index is -0.434. The van der Waals surface area contributed by atoms with Crippen molar-refractivity contribution in [1.29, 1.82) is 0 Å². The maximum Gasteiger partial charge on any atom is 0.292 e. The average Bonchev–Trinajstić information content (AvgIpc) is 2.45. The maximum absolute atomic E-state index is 10.9. The molecule has 6 heteroatoms. The lowest BCUT2D eigenvalue weighted by molar-refractivity contribution is -0.384. The van der Waals surface area contributed by atoms with Crippen molar-refractivity contribution in [2.24, 2.45) is 5.73 Å². The van der Waals surface area contributed by atoms with Crippen LogP contribution in [0, 0.1) is 10.1 Å². The molecule has 0 aliphatic rings. The van der Waals surface area contributed by atoms with Gasteiger partial charge in [-0.3, -0.25) is 10.1 Å². The van der Waals surface area contributed by atoms with E-state index < -0.39 is 4.92 Å². The van der Waals surface area contributed by atoms with Gasteiger partial charge in [0.15, 0.2) is 0 Å². The molecule has 0 radical (unpaired) electrons. The molecule has 0 aliphatic carbocycles. The van der Waals surface area contributed by atoms with E-state index >= 15 is 0 Å². The Morgan fingerprint density at radius 3 is 2.40 bits per heavy atom. The lowest BCUT2D eigenvalue weighted by Gasteiger charge is -2.08. The molecule has 2 rings (SSSR count). The van der Waals surface area contributed by atoms with E-state index in [0.717, 1.165) is 11.1 Å². The highest BCUT2D eigenvalue weighted by Gasteiger charge is 2.13. The van der Waals surface area contributed by atoms with Gasteiger partial charge in [-0.1, -0.05) is 35.9 Å². The van der Waals surface area contributed by atoms with Crippen LogP contribution in [-0.4, -0.2) is 4.92 Å². The predicted molar refractivity (Wildman–Crippen MR) is 79.8 cm³/mol. The Balaban J connectivity index is 2.13. The van der Waals surface area contributed by atoms with Gasteiger partial charge in [0, 0.05) is 24.2 Å². The lowest BCUT2D eigenvalue weighted by atomic mass is 10.1. The monoisotopic (exact) mass is 291 g/mol. The second-order valence-corrected chi connectivity index (χ2v) is 4.73. The van der Waals surface area contributed by atoms with Gasteiger partial charge in [0.2, 0.25) is 0 Å². The molecule has 0 amide bonds. The highest BCUT2D eigenvalue weighted by molar-refractivity contribution is 6.31. The number of hydrogen-bond donors (Lipinski definition) is 2. The minimum Gasteiger partial charge on any atom is -0.375 e. The van der Waals surface area contributed by atoms with Crippen molar-refractivity contribution in [3.8, 4) is 0 Å². The SMILES string of the molecule is NCc1ccc(CNc2cc(Cl)ccc2[N+](=O)[O-])cc1. The number of rotatable bonds is 5. The summed E-state index contributed by atoms with van der Waals surface area (Å²) in [5.74, 6) is 0. The van der Waals surface area contributed by atoms with Crippen molar-refractivity contribution < 1.29 is 4.92 Å². The fourth-order valence-electron chi connectivity index (χ4n) is 1.80. The van der Waals surface area contributed by atoms with Gasteiger partial charge in [0.05, 0.1) is 4.92 Å². The minimum absolute atomic E-state index is 0.00739. The van der Waals surface area contributed by atoms with Crippen LogP contribution in [0.15, 0.2) is 42.5 Å². The number of anilines is 1. The fraction of sp³-hybridized carbons (Fsp3) is 0.143. The normalized spacial score (nSPS) is 10.3. The molecule has 104 valence electrons. The molecule has 0 spiro atoms. The Bertz CT molecular complexity index is 614. The summed E-state index contributed by atoms with van der Waals surface area (Å²) in [7, 11) is 0. The second kappa shape index (κ2) is 6.36. The average molecular weight is 292 g/mol. The summed E-state index contributed by atoms with van der Waals surface area (Å²) in [5.41, 5.74) is 8.00. The first-order valence-corrected chi connectivity index (χ1v) is 6.43. The van der Waals surface area contributed by atoms with Gasteiger partial charge < -0.3 is 11.1 Å². The first-order chi connectivity index (χ1) is 9.60. The van der Waals surface area contributed by atoms with Crippen molar-refractivity contribution in [1.82, 2.24) is 0 Å². The molecule has 0 heterocycles. The summed E-state index contributed by atoms with van der Waals surface area (Å²) < 4.78 is 0. The van der Waals surface area contributed by atoms with E-state index in [1.165, 1.54) is 12.1 Å². The Morgan fingerprint density at radius 2 is 1.80 bits per heavy atom. The molecule has 0 bridgehead atoms. The van der Waals surface area contributed by atoms with Gasteiger partial charge in [0.25, 0.3) is 5.69 Å². The Morgan fingerprint density at radius 1 is 1.15 bits per heavy atom. The summed E-state index contributed by atoms with van der Waals surface area (Å²) >= 11 is 5.87. The van der Waals surface area contributed by atoms with E-state index in [0.29, 0.717) is 23.8 Å². The van der Waals surface area contributed by atoms with E-state index in [1.54, 1.807) is 6.07 Å². The zero-order valence-corrected chi connectivity index (χ0v) is 11.4. The predicted octanol–water partition coefficient (Wildman–Crippen LogP) is 3.32. The Hall–Kier alpha value is -2.11. The first-order valence-electron chi connectivity index (χ1n) is 6.06. The van der Waals surface area contributed by atoms with Crippen LogP contribution in [0.2, 0.25) is 5.02 Å². The van der Waals surface area contributed by atoms with Gasteiger partial charge >= 0.3 is 0 Å². The van der Waals surface area contributed by atoms with Crippen LogP contribution in [0.1, 0.15) is 11.1 Å². The molecule has 3 N–H and O–H groups in total. The number of nitro groups is 1. The number of nitrogens with two attached hydrogens (primary N) is 1. The third-order valence-corrected chi connectivity index (χ3v) is 3.13. The van der Waals surface area contributed by atoms with Crippen LogP contribution < -0.4 is 11.1 Å². The molecular formula is C14H14ClN3O2. The lowest BCUT2D eigenvalue weighted by Crippen LogP contribution is -2.03. The van der Waals surface area contributed by atoms with Crippen molar-refractivity contribution >= 4 is 23.0 Å². The van der Waals surface area contributed by atoms with Crippen LogP contribution in [0.25, 0.3) is 0 Å². The molecule has 5 nitrogen and oxygen atoms in total. The van der Waals surface area contributed by atoms with Gasteiger partial charge in [-0.15, -0.1) is 0 Å². The molecule has 0 saturated carbocycles. The van der Waals surface area contributed by atoms with Gasteiger partial charge in [-0.05, 0) is 23.3 Å². The molecule has 0 atom stereocenters. The molecule has 0 aliphatic heterocycles. The third-order valence-electron chi connectivity index (χ3n) is 2.90. The van der Waals surface area contributed by atoms with Gasteiger partial charge in [0.1, 0.15) is 5.69 Å². The van der Waals surface area contributed by atoms with Crippen LogP contribution in [0.5, 0.6) is 0 Å².